The Morgan fingerprint density at radius 1 is 1.44 bits per heavy atom. The molecule has 1 saturated heterocycles. The van der Waals surface area contributed by atoms with Gasteiger partial charge < -0.3 is 5.32 Å². The lowest BCUT2D eigenvalue weighted by Gasteiger charge is -2.24. The smallest absolute Gasteiger partial charge is 0.150 e. The lowest BCUT2D eigenvalue weighted by molar-refractivity contribution is 0.411. The average Bonchev–Trinajstić information content (AvgIpc) is 2.74. The number of hydrogen-bond donors (Lipinski definition) is 1. The van der Waals surface area contributed by atoms with E-state index in [2.05, 4.69) is 30.6 Å². The highest BCUT2D eigenvalue weighted by Crippen LogP contribution is 2.24. The van der Waals surface area contributed by atoms with E-state index in [0.29, 0.717) is 23.5 Å². The minimum Gasteiger partial charge on any atom is -0.309 e. The third-order valence-corrected chi connectivity index (χ3v) is 6.60. The van der Waals surface area contributed by atoms with Crippen molar-refractivity contribution in [2.75, 3.05) is 18.1 Å². The van der Waals surface area contributed by atoms with Crippen LogP contribution < -0.4 is 5.32 Å². The number of nitrogens with one attached hydrogen (secondary N) is 1. The Hall–Kier alpha value is -0.390. The molecule has 0 radical (unpaired) electrons. The van der Waals surface area contributed by atoms with Crippen LogP contribution in [0.4, 0.5) is 0 Å². The fraction of sp³-hybridized carbons (Fsp3) is 0.692. The van der Waals surface area contributed by atoms with Crippen molar-refractivity contribution in [2.24, 2.45) is 5.92 Å². The molecule has 1 aliphatic rings. The van der Waals surface area contributed by atoms with Crippen molar-refractivity contribution in [3.63, 3.8) is 0 Å². The van der Waals surface area contributed by atoms with Crippen LogP contribution in [-0.2, 0) is 9.84 Å². The molecule has 1 fully saturated rings. The lowest BCUT2D eigenvalue weighted by atomic mass is 10.0. The second-order valence-corrected chi connectivity index (χ2v) is 8.44. The van der Waals surface area contributed by atoms with Gasteiger partial charge in [-0.25, -0.2) is 8.42 Å². The number of aryl methyl sites for hydroxylation is 1. The van der Waals surface area contributed by atoms with Crippen LogP contribution in [0.15, 0.2) is 11.4 Å². The molecule has 0 amide bonds. The predicted molar refractivity (Wildman–Crippen MR) is 76.9 cm³/mol. The largest absolute Gasteiger partial charge is 0.309 e. The van der Waals surface area contributed by atoms with Crippen molar-refractivity contribution in [3.8, 4) is 0 Å². The third-order valence-electron chi connectivity index (χ3n) is 3.68. The van der Waals surface area contributed by atoms with Crippen molar-refractivity contribution >= 4 is 21.2 Å². The Labute approximate surface area is 114 Å². The standard InChI is InChI=1S/C13H21NO2S2/c1-10-3-6-17-13(10)11(2)14-9-12-4-7-18(15,16)8-5-12/h3,6,11-12,14H,4-5,7-9H2,1-2H3/t11-/m1/s1. The summed E-state index contributed by atoms with van der Waals surface area (Å²) < 4.78 is 22.7. The molecule has 0 aliphatic carbocycles. The van der Waals surface area contributed by atoms with Crippen LogP contribution >= 0.6 is 11.3 Å². The van der Waals surface area contributed by atoms with Gasteiger partial charge in [-0.1, -0.05) is 0 Å². The molecule has 0 unspecified atom stereocenters. The van der Waals surface area contributed by atoms with E-state index in [9.17, 15) is 8.42 Å². The molecular weight excluding hydrogens is 266 g/mol. The van der Waals surface area contributed by atoms with Gasteiger partial charge in [-0.3, -0.25) is 0 Å². The summed E-state index contributed by atoms with van der Waals surface area (Å²) in [7, 11) is -2.73. The number of hydrogen-bond acceptors (Lipinski definition) is 4. The highest BCUT2D eigenvalue weighted by molar-refractivity contribution is 7.91. The summed E-state index contributed by atoms with van der Waals surface area (Å²) in [6.07, 6.45) is 1.62. The van der Waals surface area contributed by atoms with Crippen LogP contribution in [0.25, 0.3) is 0 Å². The maximum Gasteiger partial charge on any atom is 0.150 e. The van der Waals surface area contributed by atoms with Crippen LogP contribution in [0.1, 0.15) is 36.2 Å². The average molecular weight is 287 g/mol. The van der Waals surface area contributed by atoms with Gasteiger partial charge in [-0.2, -0.15) is 0 Å². The monoisotopic (exact) mass is 287 g/mol. The molecule has 18 heavy (non-hydrogen) atoms. The summed E-state index contributed by atoms with van der Waals surface area (Å²) in [5, 5.41) is 5.66. The van der Waals surface area contributed by atoms with Gasteiger partial charge >= 0.3 is 0 Å². The summed E-state index contributed by atoms with van der Waals surface area (Å²) in [5.41, 5.74) is 1.34. The molecule has 1 N–H and O–H groups in total. The second kappa shape index (κ2) is 5.72. The minimum absolute atomic E-state index is 0.364. The van der Waals surface area contributed by atoms with E-state index >= 15 is 0 Å². The van der Waals surface area contributed by atoms with Crippen LogP contribution in [0.5, 0.6) is 0 Å². The van der Waals surface area contributed by atoms with Crippen LogP contribution in [0.3, 0.4) is 0 Å². The predicted octanol–water partition coefficient (Wildman–Crippen LogP) is 2.53. The van der Waals surface area contributed by atoms with Crippen LogP contribution in [0.2, 0.25) is 0 Å². The molecule has 0 saturated carbocycles. The molecule has 0 spiro atoms. The molecule has 102 valence electrons. The van der Waals surface area contributed by atoms with Crippen LogP contribution in [-0.4, -0.2) is 26.5 Å². The van der Waals surface area contributed by atoms with Crippen molar-refractivity contribution in [2.45, 2.75) is 32.7 Å². The molecule has 0 aromatic carbocycles. The molecule has 3 nitrogen and oxygen atoms in total. The Kier molecular flexibility index (Phi) is 4.45. The number of thiophene rings is 1. The van der Waals surface area contributed by atoms with E-state index in [1.807, 2.05) is 0 Å². The summed E-state index contributed by atoms with van der Waals surface area (Å²) >= 11 is 1.79. The summed E-state index contributed by atoms with van der Waals surface area (Å²) in [5.74, 6) is 1.24. The van der Waals surface area contributed by atoms with Gasteiger partial charge in [0.15, 0.2) is 0 Å². The van der Waals surface area contributed by atoms with E-state index < -0.39 is 9.84 Å². The van der Waals surface area contributed by atoms with Gasteiger partial charge in [-0.05, 0) is 56.2 Å². The van der Waals surface area contributed by atoms with Crippen LogP contribution in [0, 0.1) is 12.8 Å². The molecule has 5 heteroatoms. The number of sulfone groups is 1. The first-order chi connectivity index (χ1) is 8.48. The molecule has 2 rings (SSSR count). The molecule has 2 heterocycles. The zero-order chi connectivity index (χ0) is 13.2. The van der Waals surface area contributed by atoms with E-state index in [1.54, 1.807) is 11.3 Å². The molecule has 1 aromatic rings. The minimum atomic E-state index is -2.73. The van der Waals surface area contributed by atoms with Gasteiger partial charge in [0.2, 0.25) is 0 Å². The molecule has 1 aliphatic heterocycles. The first-order valence-electron chi connectivity index (χ1n) is 6.46. The molecule has 1 atom stereocenters. The van der Waals surface area contributed by atoms with Crippen molar-refractivity contribution in [1.29, 1.82) is 0 Å². The highest BCUT2D eigenvalue weighted by atomic mass is 32.2. The quantitative estimate of drug-likeness (QED) is 0.925. The lowest BCUT2D eigenvalue weighted by Crippen LogP contribution is -2.32. The van der Waals surface area contributed by atoms with Gasteiger partial charge in [0.05, 0.1) is 11.5 Å². The van der Waals surface area contributed by atoms with Crippen molar-refractivity contribution in [1.82, 2.24) is 5.32 Å². The maximum absolute atomic E-state index is 11.3. The van der Waals surface area contributed by atoms with Gasteiger partial charge in [0.25, 0.3) is 0 Å². The Morgan fingerprint density at radius 2 is 2.11 bits per heavy atom. The highest BCUT2D eigenvalue weighted by Gasteiger charge is 2.23. The van der Waals surface area contributed by atoms with Gasteiger partial charge in [-0.15, -0.1) is 11.3 Å². The topological polar surface area (TPSA) is 46.2 Å². The summed E-state index contributed by atoms with van der Waals surface area (Å²) in [6, 6.07) is 2.51. The van der Waals surface area contributed by atoms with Gasteiger partial charge in [0.1, 0.15) is 9.84 Å². The second-order valence-electron chi connectivity index (χ2n) is 5.19. The molecular formula is C13H21NO2S2. The fourth-order valence-corrected chi connectivity index (χ4v) is 4.96. The Bertz CT molecular complexity index is 479. The van der Waals surface area contributed by atoms with Crippen molar-refractivity contribution in [3.05, 3.63) is 21.9 Å². The Morgan fingerprint density at radius 3 is 2.67 bits per heavy atom. The zero-order valence-corrected chi connectivity index (χ0v) is 12.6. The normalized spacial score (nSPS) is 21.9. The third kappa shape index (κ3) is 3.56. The fourth-order valence-electron chi connectivity index (χ4n) is 2.41. The van der Waals surface area contributed by atoms with E-state index in [0.717, 1.165) is 19.4 Å². The van der Waals surface area contributed by atoms with E-state index in [-0.39, 0.29) is 0 Å². The zero-order valence-electron chi connectivity index (χ0n) is 11.0. The first kappa shape index (κ1) is 14.0. The molecule has 0 bridgehead atoms. The van der Waals surface area contributed by atoms with E-state index in [4.69, 9.17) is 0 Å². The first-order valence-corrected chi connectivity index (χ1v) is 9.16. The Balaban J connectivity index is 1.81. The van der Waals surface area contributed by atoms with Gasteiger partial charge in [0, 0.05) is 10.9 Å². The maximum atomic E-state index is 11.3. The number of rotatable bonds is 4. The summed E-state index contributed by atoms with van der Waals surface area (Å²) in [6.45, 7) is 5.24. The SMILES string of the molecule is Cc1ccsc1[C@@H](C)NCC1CCS(=O)(=O)CC1. The van der Waals surface area contributed by atoms with Crippen molar-refractivity contribution < 1.29 is 8.42 Å². The summed E-state index contributed by atoms with van der Waals surface area (Å²) in [4.78, 5) is 1.39. The molecule has 1 aromatic heterocycles. The van der Waals surface area contributed by atoms with E-state index in [1.165, 1.54) is 10.4 Å².